The van der Waals surface area contributed by atoms with Gasteiger partial charge in [-0.1, -0.05) is 22.0 Å². The van der Waals surface area contributed by atoms with E-state index in [1.54, 1.807) is 0 Å². The van der Waals surface area contributed by atoms with Crippen LogP contribution in [0, 0.1) is 0 Å². The van der Waals surface area contributed by atoms with E-state index in [4.69, 9.17) is 0 Å². The molecule has 0 aliphatic rings. The lowest BCUT2D eigenvalue weighted by molar-refractivity contribution is 0.414. The molecule has 2 nitrogen and oxygen atoms in total. The molecule has 3 heteroatoms. The summed E-state index contributed by atoms with van der Waals surface area (Å²) >= 11 is 3.51. The number of nitrogens with zero attached hydrogens (tertiary/aromatic N) is 2. The largest absolute Gasteiger partial charge is 0.377 e. The van der Waals surface area contributed by atoms with Crippen molar-refractivity contribution in [3.8, 4) is 0 Å². The Kier molecular flexibility index (Phi) is 4.61. The Bertz CT molecular complexity index is 321. The Balaban J connectivity index is 2.86. The van der Waals surface area contributed by atoms with Gasteiger partial charge in [-0.05, 0) is 38.2 Å². The Morgan fingerprint density at radius 1 is 1.13 bits per heavy atom. The summed E-state index contributed by atoms with van der Waals surface area (Å²) < 4.78 is 1.14. The summed E-state index contributed by atoms with van der Waals surface area (Å²) in [5.74, 6) is 0. The summed E-state index contributed by atoms with van der Waals surface area (Å²) in [7, 11) is 8.38. The van der Waals surface area contributed by atoms with E-state index in [9.17, 15) is 0 Å². The maximum atomic E-state index is 3.51. The van der Waals surface area contributed by atoms with E-state index in [2.05, 4.69) is 72.1 Å². The van der Waals surface area contributed by atoms with Crippen LogP contribution >= 0.6 is 15.9 Å². The molecule has 0 N–H and O–H groups in total. The van der Waals surface area contributed by atoms with Crippen LogP contribution in [0.5, 0.6) is 0 Å². The zero-order chi connectivity index (χ0) is 11.4. The van der Waals surface area contributed by atoms with Crippen LogP contribution in [-0.2, 0) is 6.42 Å². The summed E-state index contributed by atoms with van der Waals surface area (Å²) in [6, 6.07) is 6.48. The minimum absolute atomic E-state index is 1.09. The first-order valence-corrected chi connectivity index (χ1v) is 5.90. The van der Waals surface area contributed by atoms with E-state index in [1.807, 2.05) is 0 Å². The first-order chi connectivity index (χ1) is 7.00. The number of halogens is 1. The predicted molar refractivity (Wildman–Crippen MR) is 70.7 cm³/mol. The van der Waals surface area contributed by atoms with Crippen LogP contribution in [0.2, 0.25) is 0 Å². The Morgan fingerprint density at radius 3 is 2.33 bits per heavy atom. The first kappa shape index (κ1) is 12.5. The number of hydrogen-bond acceptors (Lipinski definition) is 2. The summed E-state index contributed by atoms with van der Waals surface area (Å²) in [4.78, 5) is 4.37. The molecule has 0 saturated heterocycles. The normalized spacial score (nSPS) is 10.8. The number of rotatable bonds is 4. The topological polar surface area (TPSA) is 6.48 Å². The fourth-order valence-electron chi connectivity index (χ4n) is 1.51. The lowest BCUT2D eigenvalue weighted by Gasteiger charge is -2.19. The van der Waals surface area contributed by atoms with Crippen LogP contribution in [0.4, 0.5) is 5.69 Å². The molecule has 0 saturated carbocycles. The molecule has 0 heterocycles. The zero-order valence-electron chi connectivity index (χ0n) is 9.92. The molecule has 0 aromatic heterocycles. The van der Waals surface area contributed by atoms with Crippen LogP contribution in [0.15, 0.2) is 22.7 Å². The third kappa shape index (κ3) is 3.84. The van der Waals surface area contributed by atoms with Gasteiger partial charge in [-0.3, -0.25) is 0 Å². The van der Waals surface area contributed by atoms with E-state index in [0.29, 0.717) is 0 Å². The maximum absolute atomic E-state index is 3.51. The molecule has 0 aliphatic carbocycles. The van der Waals surface area contributed by atoms with Crippen LogP contribution in [-0.4, -0.2) is 39.6 Å². The zero-order valence-corrected chi connectivity index (χ0v) is 11.5. The van der Waals surface area contributed by atoms with Gasteiger partial charge < -0.3 is 9.80 Å². The van der Waals surface area contributed by atoms with Crippen molar-refractivity contribution >= 4 is 21.6 Å². The number of hydrogen-bond donors (Lipinski definition) is 0. The molecule has 0 radical (unpaired) electrons. The average molecular weight is 271 g/mol. The fraction of sp³-hybridized carbons (Fsp3) is 0.500. The third-order valence-corrected chi connectivity index (χ3v) is 2.85. The van der Waals surface area contributed by atoms with Gasteiger partial charge in [0.15, 0.2) is 0 Å². The number of likely N-dealkylation sites (N-methyl/N-ethyl adjacent to an activating group) is 1. The van der Waals surface area contributed by atoms with Gasteiger partial charge in [0.25, 0.3) is 0 Å². The standard InChI is InChI=1S/C12H19BrN2/c1-14(2)8-7-10-5-6-11(13)9-12(10)15(3)4/h5-6,9H,7-8H2,1-4H3. The van der Waals surface area contributed by atoms with Gasteiger partial charge in [0.1, 0.15) is 0 Å². The second-order valence-corrected chi connectivity index (χ2v) is 5.14. The van der Waals surface area contributed by atoms with Crippen molar-refractivity contribution < 1.29 is 0 Å². The van der Waals surface area contributed by atoms with Gasteiger partial charge in [0.05, 0.1) is 0 Å². The van der Waals surface area contributed by atoms with Crippen molar-refractivity contribution in [1.29, 1.82) is 0 Å². The third-order valence-electron chi connectivity index (χ3n) is 2.36. The molecule has 1 rings (SSSR count). The Labute approximate surface area is 101 Å². The van der Waals surface area contributed by atoms with Gasteiger partial charge in [-0.25, -0.2) is 0 Å². The smallest absolute Gasteiger partial charge is 0.0405 e. The molecule has 0 fully saturated rings. The molecule has 1 aromatic carbocycles. The molecule has 0 spiro atoms. The summed E-state index contributed by atoms with van der Waals surface area (Å²) in [6.07, 6.45) is 1.09. The van der Waals surface area contributed by atoms with Crippen molar-refractivity contribution in [1.82, 2.24) is 4.90 Å². The minimum Gasteiger partial charge on any atom is -0.377 e. The second-order valence-electron chi connectivity index (χ2n) is 4.22. The van der Waals surface area contributed by atoms with E-state index < -0.39 is 0 Å². The van der Waals surface area contributed by atoms with Gasteiger partial charge >= 0.3 is 0 Å². The molecule has 84 valence electrons. The highest BCUT2D eigenvalue weighted by Crippen LogP contribution is 2.24. The van der Waals surface area contributed by atoms with E-state index >= 15 is 0 Å². The summed E-state index contributed by atoms with van der Waals surface area (Å²) in [5.41, 5.74) is 2.70. The van der Waals surface area contributed by atoms with Gasteiger partial charge in [-0.15, -0.1) is 0 Å². The van der Waals surface area contributed by atoms with Crippen LogP contribution < -0.4 is 4.90 Å². The lowest BCUT2D eigenvalue weighted by atomic mass is 10.1. The molecule has 0 bridgehead atoms. The molecule has 15 heavy (non-hydrogen) atoms. The van der Waals surface area contributed by atoms with Crippen molar-refractivity contribution in [2.45, 2.75) is 6.42 Å². The van der Waals surface area contributed by atoms with Crippen molar-refractivity contribution in [3.63, 3.8) is 0 Å². The molecule has 0 atom stereocenters. The first-order valence-electron chi connectivity index (χ1n) is 5.11. The summed E-state index contributed by atoms with van der Waals surface area (Å²) in [5, 5.41) is 0. The van der Waals surface area contributed by atoms with E-state index in [1.165, 1.54) is 11.3 Å². The van der Waals surface area contributed by atoms with Gasteiger partial charge in [0.2, 0.25) is 0 Å². The molecule has 0 amide bonds. The highest BCUT2D eigenvalue weighted by atomic mass is 79.9. The quantitative estimate of drug-likeness (QED) is 0.830. The van der Waals surface area contributed by atoms with Gasteiger partial charge in [0, 0.05) is 30.8 Å². The molecule has 0 unspecified atom stereocenters. The SMILES string of the molecule is CN(C)CCc1ccc(Br)cc1N(C)C. The highest BCUT2D eigenvalue weighted by molar-refractivity contribution is 9.10. The fourth-order valence-corrected chi connectivity index (χ4v) is 1.86. The highest BCUT2D eigenvalue weighted by Gasteiger charge is 2.05. The number of benzene rings is 1. The molecular weight excluding hydrogens is 252 g/mol. The average Bonchev–Trinajstić information content (AvgIpc) is 2.15. The second kappa shape index (κ2) is 5.52. The monoisotopic (exact) mass is 270 g/mol. The molecule has 1 aromatic rings. The maximum Gasteiger partial charge on any atom is 0.0405 e. The molecular formula is C12H19BrN2. The minimum atomic E-state index is 1.09. The van der Waals surface area contributed by atoms with Crippen molar-refractivity contribution in [3.05, 3.63) is 28.2 Å². The van der Waals surface area contributed by atoms with Crippen LogP contribution in [0.3, 0.4) is 0 Å². The Morgan fingerprint density at radius 2 is 1.80 bits per heavy atom. The van der Waals surface area contributed by atoms with E-state index in [-0.39, 0.29) is 0 Å². The van der Waals surface area contributed by atoms with E-state index in [0.717, 1.165) is 17.4 Å². The van der Waals surface area contributed by atoms with Crippen molar-refractivity contribution in [2.24, 2.45) is 0 Å². The number of anilines is 1. The lowest BCUT2D eigenvalue weighted by Crippen LogP contribution is -2.17. The van der Waals surface area contributed by atoms with Gasteiger partial charge in [-0.2, -0.15) is 0 Å². The van der Waals surface area contributed by atoms with Crippen LogP contribution in [0.25, 0.3) is 0 Å². The van der Waals surface area contributed by atoms with Crippen LogP contribution in [0.1, 0.15) is 5.56 Å². The predicted octanol–water partition coefficient (Wildman–Crippen LogP) is 2.62. The Hall–Kier alpha value is -0.540. The molecule has 0 aliphatic heterocycles. The van der Waals surface area contributed by atoms with Crippen molar-refractivity contribution in [2.75, 3.05) is 39.6 Å². The summed E-state index contributed by atoms with van der Waals surface area (Å²) in [6.45, 7) is 1.09.